The second-order valence-electron chi connectivity index (χ2n) is 4.92. The third kappa shape index (κ3) is 3.15. The molecule has 2 rings (SSSR count). The predicted octanol–water partition coefficient (Wildman–Crippen LogP) is 3.62. The maximum atomic E-state index is 5.31. The molecule has 0 saturated carbocycles. The smallest absolute Gasteiger partial charge is 0.119 e. The van der Waals surface area contributed by atoms with Gasteiger partial charge in [-0.3, -0.25) is 0 Å². The van der Waals surface area contributed by atoms with Crippen LogP contribution in [0.2, 0.25) is 0 Å². The van der Waals surface area contributed by atoms with E-state index < -0.39 is 0 Å². The average molecular weight is 255 g/mol. The van der Waals surface area contributed by atoms with Gasteiger partial charge in [-0.2, -0.15) is 0 Å². The van der Waals surface area contributed by atoms with Gasteiger partial charge in [0.2, 0.25) is 0 Å². The second kappa shape index (κ2) is 5.89. The number of hydrogen-bond donors (Lipinski definition) is 1. The Morgan fingerprint density at radius 2 is 1.63 bits per heavy atom. The molecule has 0 amide bonds. The van der Waals surface area contributed by atoms with Gasteiger partial charge in [0, 0.05) is 0 Å². The molecule has 0 aliphatic heterocycles. The maximum absolute atomic E-state index is 5.31. The van der Waals surface area contributed by atoms with E-state index in [-0.39, 0.29) is 6.04 Å². The standard InChI is InChI=1S/C17H21NO/c1-12-8-13(2)10-15(9-12)17(18-3)14-6-5-7-16(11-14)19-4/h5-11,17-18H,1-4H3. The molecule has 2 nitrogen and oxygen atoms in total. The first-order valence-electron chi connectivity index (χ1n) is 6.53. The Kier molecular flexibility index (Phi) is 4.23. The Balaban J connectivity index is 2.43. The highest BCUT2D eigenvalue weighted by Crippen LogP contribution is 2.26. The van der Waals surface area contributed by atoms with Crippen molar-refractivity contribution in [2.45, 2.75) is 19.9 Å². The van der Waals surface area contributed by atoms with Crippen molar-refractivity contribution in [3.63, 3.8) is 0 Å². The fraction of sp³-hybridized carbons (Fsp3) is 0.294. The molecule has 1 unspecified atom stereocenters. The summed E-state index contributed by atoms with van der Waals surface area (Å²) < 4.78 is 5.31. The zero-order valence-corrected chi connectivity index (χ0v) is 12.0. The molecule has 0 aliphatic rings. The van der Waals surface area contributed by atoms with Crippen molar-refractivity contribution in [2.75, 3.05) is 14.2 Å². The number of aryl methyl sites for hydroxylation is 2. The quantitative estimate of drug-likeness (QED) is 0.901. The number of rotatable bonds is 4. The highest BCUT2D eigenvalue weighted by atomic mass is 16.5. The molecule has 0 heterocycles. The zero-order valence-electron chi connectivity index (χ0n) is 12.0. The van der Waals surface area contributed by atoms with Crippen LogP contribution >= 0.6 is 0 Å². The van der Waals surface area contributed by atoms with E-state index in [1.54, 1.807) is 7.11 Å². The molecule has 0 spiro atoms. The molecule has 0 radical (unpaired) electrons. The molecule has 19 heavy (non-hydrogen) atoms. The molecule has 1 N–H and O–H groups in total. The van der Waals surface area contributed by atoms with Gasteiger partial charge in [0.1, 0.15) is 5.75 Å². The van der Waals surface area contributed by atoms with Crippen molar-refractivity contribution in [1.82, 2.24) is 5.32 Å². The van der Waals surface area contributed by atoms with E-state index in [2.05, 4.69) is 49.5 Å². The highest BCUT2D eigenvalue weighted by molar-refractivity contribution is 5.39. The van der Waals surface area contributed by atoms with Crippen molar-refractivity contribution in [1.29, 1.82) is 0 Å². The molecule has 2 heteroatoms. The van der Waals surface area contributed by atoms with Gasteiger partial charge >= 0.3 is 0 Å². The van der Waals surface area contributed by atoms with Gasteiger partial charge < -0.3 is 10.1 Å². The molecule has 0 bridgehead atoms. The van der Waals surface area contributed by atoms with E-state index in [9.17, 15) is 0 Å². The molecule has 0 aliphatic carbocycles. The number of nitrogens with one attached hydrogen (secondary N) is 1. The molecular formula is C17H21NO. The zero-order chi connectivity index (χ0) is 13.8. The lowest BCUT2D eigenvalue weighted by molar-refractivity contribution is 0.414. The van der Waals surface area contributed by atoms with Gasteiger partial charge in [0.15, 0.2) is 0 Å². The van der Waals surface area contributed by atoms with Gasteiger partial charge in [-0.15, -0.1) is 0 Å². The van der Waals surface area contributed by atoms with E-state index in [4.69, 9.17) is 4.74 Å². The van der Waals surface area contributed by atoms with Gasteiger partial charge in [-0.25, -0.2) is 0 Å². The largest absolute Gasteiger partial charge is 0.497 e. The summed E-state index contributed by atoms with van der Waals surface area (Å²) in [7, 11) is 3.69. The van der Waals surface area contributed by atoms with E-state index in [0.717, 1.165) is 5.75 Å². The molecular weight excluding hydrogens is 234 g/mol. The van der Waals surface area contributed by atoms with Crippen molar-refractivity contribution in [3.8, 4) is 5.75 Å². The molecule has 0 fully saturated rings. The second-order valence-corrected chi connectivity index (χ2v) is 4.92. The minimum atomic E-state index is 0.189. The lowest BCUT2D eigenvalue weighted by Crippen LogP contribution is -2.18. The van der Waals surface area contributed by atoms with Crippen LogP contribution in [-0.2, 0) is 0 Å². The Morgan fingerprint density at radius 3 is 2.21 bits per heavy atom. The summed E-state index contributed by atoms with van der Waals surface area (Å²) in [5.74, 6) is 0.891. The summed E-state index contributed by atoms with van der Waals surface area (Å²) in [5.41, 5.74) is 5.08. The van der Waals surface area contributed by atoms with Crippen LogP contribution in [-0.4, -0.2) is 14.2 Å². The van der Waals surface area contributed by atoms with Crippen LogP contribution in [0.5, 0.6) is 5.75 Å². The molecule has 2 aromatic rings. The van der Waals surface area contributed by atoms with Crippen LogP contribution in [0.25, 0.3) is 0 Å². The van der Waals surface area contributed by atoms with Crippen LogP contribution in [0.3, 0.4) is 0 Å². The van der Waals surface area contributed by atoms with Crippen molar-refractivity contribution < 1.29 is 4.74 Å². The Hall–Kier alpha value is -1.80. The Labute approximate surface area is 115 Å². The lowest BCUT2D eigenvalue weighted by atomic mass is 9.95. The minimum Gasteiger partial charge on any atom is -0.497 e. The van der Waals surface area contributed by atoms with Crippen LogP contribution in [0, 0.1) is 13.8 Å². The summed E-state index contributed by atoms with van der Waals surface area (Å²) in [6, 6.07) is 15.1. The van der Waals surface area contributed by atoms with E-state index in [0.29, 0.717) is 0 Å². The molecule has 2 aromatic carbocycles. The number of ether oxygens (including phenoxy) is 1. The van der Waals surface area contributed by atoms with Crippen LogP contribution in [0.1, 0.15) is 28.3 Å². The predicted molar refractivity (Wildman–Crippen MR) is 79.8 cm³/mol. The summed E-state index contributed by atoms with van der Waals surface area (Å²) in [4.78, 5) is 0. The monoisotopic (exact) mass is 255 g/mol. The minimum absolute atomic E-state index is 0.189. The molecule has 1 atom stereocenters. The van der Waals surface area contributed by atoms with Crippen molar-refractivity contribution in [3.05, 3.63) is 64.7 Å². The normalized spacial score (nSPS) is 12.2. The fourth-order valence-corrected chi connectivity index (χ4v) is 2.52. The summed E-state index contributed by atoms with van der Waals surface area (Å²) in [5, 5.41) is 3.38. The maximum Gasteiger partial charge on any atom is 0.119 e. The first-order valence-corrected chi connectivity index (χ1v) is 6.53. The molecule has 100 valence electrons. The number of hydrogen-bond acceptors (Lipinski definition) is 2. The van der Waals surface area contributed by atoms with Crippen LogP contribution in [0.4, 0.5) is 0 Å². The summed E-state index contributed by atoms with van der Waals surface area (Å²) in [6.45, 7) is 4.27. The Morgan fingerprint density at radius 1 is 0.947 bits per heavy atom. The summed E-state index contributed by atoms with van der Waals surface area (Å²) >= 11 is 0. The highest BCUT2D eigenvalue weighted by Gasteiger charge is 2.13. The van der Waals surface area contributed by atoms with E-state index in [1.165, 1.54) is 22.3 Å². The first kappa shape index (κ1) is 13.6. The van der Waals surface area contributed by atoms with Crippen LogP contribution in [0.15, 0.2) is 42.5 Å². The van der Waals surface area contributed by atoms with Crippen molar-refractivity contribution >= 4 is 0 Å². The van der Waals surface area contributed by atoms with Gasteiger partial charge in [-0.1, -0.05) is 41.5 Å². The van der Waals surface area contributed by atoms with Crippen molar-refractivity contribution in [2.24, 2.45) is 0 Å². The SMILES string of the molecule is CNC(c1cc(C)cc(C)c1)c1cccc(OC)c1. The first-order chi connectivity index (χ1) is 9.13. The average Bonchev–Trinajstić information content (AvgIpc) is 2.39. The van der Waals surface area contributed by atoms with Gasteiger partial charge in [-0.05, 0) is 44.2 Å². The lowest BCUT2D eigenvalue weighted by Gasteiger charge is -2.19. The number of methoxy groups -OCH3 is 1. The van der Waals surface area contributed by atoms with Gasteiger partial charge in [0.25, 0.3) is 0 Å². The molecule has 0 saturated heterocycles. The van der Waals surface area contributed by atoms with Crippen LogP contribution < -0.4 is 10.1 Å². The fourth-order valence-electron chi connectivity index (χ4n) is 2.52. The van der Waals surface area contributed by atoms with E-state index >= 15 is 0 Å². The topological polar surface area (TPSA) is 21.3 Å². The summed E-state index contributed by atoms with van der Waals surface area (Å²) in [6.07, 6.45) is 0. The Bertz CT molecular complexity index is 543. The third-order valence-corrected chi connectivity index (χ3v) is 3.29. The third-order valence-electron chi connectivity index (χ3n) is 3.29. The van der Waals surface area contributed by atoms with Gasteiger partial charge in [0.05, 0.1) is 13.2 Å². The number of benzene rings is 2. The van der Waals surface area contributed by atoms with E-state index in [1.807, 2.05) is 19.2 Å². The molecule has 0 aromatic heterocycles.